The van der Waals surface area contributed by atoms with Crippen molar-refractivity contribution in [3.63, 3.8) is 0 Å². The van der Waals surface area contributed by atoms with E-state index in [1.165, 1.54) is 0 Å². The van der Waals surface area contributed by atoms with Crippen LogP contribution in [-0.2, 0) is 22.6 Å². The molecule has 0 saturated heterocycles. The fourth-order valence-electron chi connectivity index (χ4n) is 1.10. The first-order valence-electron chi connectivity index (χ1n) is 5.41. The van der Waals surface area contributed by atoms with Gasteiger partial charge in [-0.1, -0.05) is 0 Å². The number of carbonyl (C=O) groups is 2. The molecule has 0 atom stereocenters. The Hall–Kier alpha value is -1.72. The maximum Gasteiger partial charge on any atom is 1.00 e. The van der Waals surface area contributed by atoms with Crippen LogP contribution in [0.1, 0.15) is 26.7 Å². The van der Waals surface area contributed by atoms with Gasteiger partial charge in [-0.3, -0.25) is 0 Å². The summed E-state index contributed by atoms with van der Waals surface area (Å²) in [5.74, 6) is -2.54. The molecule has 10 heteroatoms. The summed E-state index contributed by atoms with van der Waals surface area (Å²) in [7, 11) is 0. The molecule has 0 saturated carbocycles. The molecule has 1 amide bonds. The predicted molar refractivity (Wildman–Crippen MR) is 58.8 cm³/mol. The van der Waals surface area contributed by atoms with E-state index in [0.29, 0.717) is 4.68 Å². The van der Waals surface area contributed by atoms with Gasteiger partial charge in [0.05, 0.1) is 19.1 Å². The molecule has 1 N–H and O–H groups in total. The summed E-state index contributed by atoms with van der Waals surface area (Å²) in [6.07, 6.45) is -0.704. The zero-order chi connectivity index (χ0) is 14.6. The van der Waals surface area contributed by atoms with Crippen molar-refractivity contribution in [2.45, 2.75) is 39.5 Å². The van der Waals surface area contributed by atoms with Crippen LogP contribution in [0.4, 0.5) is 4.79 Å². The number of hydrogen-bond donors (Lipinski definition) is 1. The Morgan fingerprint density at radius 1 is 1.45 bits per heavy atom. The van der Waals surface area contributed by atoms with E-state index in [2.05, 4.69) is 14.8 Å². The summed E-state index contributed by atoms with van der Waals surface area (Å²) in [5.41, 5.74) is -0.654. The number of carboxylic acids is 1. The minimum absolute atomic E-state index is 0. The van der Waals surface area contributed by atoms with Crippen molar-refractivity contribution in [3.05, 3.63) is 16.4 Å². The third kappa shape index (κ3) is 6.45. The summed E-state index contributed by atoms with van der Waals surface area (Å²) in [6, 6.07) is 0. The van der Waals surface area contributed by atoms with Gasteiger partial charge in [-0.25, -0.2) is 9.59 Å². The number of nitrogens with one attached hydrogen (secondary N) is 1. The van der Waals surface area contributed by atoms with Crippen molar-refractivity contribution in [1.29, 1.82) is 0 Å². The van der Waals surface area contributed by atoms with E-state index in [1.807, 2.05) is 0 Å². The van der Waals surface area contributed by atoms with E-state index >= 15 is 0 Å². The Labute approximate surface area is 126 Å². The molecule has 0 bridgehead atoms. The number of rotatable bonds is 4. The number of ether oxygens (including phenoxy) is 1. The summed E-state index contributed by atoms with van der Waals surface area (Å²) < 4.78 is 10.2. The van der Waals surface area contributed by atoms with Gasteiger partial charge in [0.1, 0.15) is 5.60 Å². The number of nitrogens with zero attached hydrogens (tertiary/aromatic N) is 2. The average Bonchev–Trinajstić information content (AvgIpc) is 2.53. The largest absolute Gasteiger partial charge is 1.00 e. The number of hydrogen-bond acceptors (Lipinski definition) is 7. The van der Waals surface area contributed by atoms with Gasteiger partial charge < -0.3 is 24.4 Å². The van der Waals surface area contributed by atoms with Gasteiger partial charge >= 0.3 is 30.7 Å². The summed E-state index contributed by atoms with van der Waals surface area (Å²) >= 11 is 0. The van der Waals surface area contributed by atoms with Crippen LogP contribution in [0.2, 0.25) is 0 Å². The molecule has 0 radical (unpaired) electrons. The van der Waals surface area contributed by atoms with Crippen molar-refractivity contribution >= 4 is 12.1 Å². The Bertz CT molecular complexity index is 530. The Morgan fingerprint density at radius 3 is 2.55 bits per heavy atom. The second-order valence-corrected chi connectivity index (χ2v) is 4.65. The van der Waals surface area contributed by atoms with E-state index in [4.69, 9.17) is 4.74 Å². The second-order valence-electron chi connectivity index (χ2n) is 4.65. The number of aliphatic carboxylic acids is 1. The van der Waals surface area contributed by atoms with Gasteiger partial charge in [0.2, 0.25) is 5.89 Å². The second kappa shape index (κ2) is 7.16. The first kappa shape index (κ1) is 18.3. The molecule has 1 heterocycles. The van der Waals surface area contributed by atoms with Gasteiger partial charge in [-0.2, -0.15) is 4.68 Å². The molecule has 0 aromatic carbocycles. The van der Waals surface area contributed by atoms with E-state index < -0.39 is 30.0 Å². The van der Waals surface area contributed by atoms with Gasteiger partial charge in [0.15, 0.2) is 0 Å². The van der Waals surface area contributed by atoms with E-state index in [0.717, 1.165) is 0 Å². The standard InChI is InChI=1S/C10H15N3O6.Li/c1-10(2,3)19-8(16)11-4-6-12-13(5-7(14)15)9(17)18-6;/h4-5H2,1-3H3,(H,11,16)(H,14,15);/q;+1/p-1. The molecule has 106 valence electrons. The molecule has 0 aliphatic carbocycles. The summed E-state index contributed by atoms with van der Waals surface area (Å²) in [5, 5.41) is 16.2. The van der Waals surface area contributed by atoms with Crippen molar-refractivity contribution in [2.24, 2.45) is 0 Å². The molecule has 1 aromatic heterocycles. The molecule has 20 heavy (non-hydrogen) atoms. The number of aromatic nitrogens is 2. The smallest absolute Gasteiger partial charge is 0.548 e. The van der Waals surface area contributed by atoms with Crippen molar-refractivity contribution in [3.8, 4) is 0 Å². The van der Waals surface area contributed by atoms with Crippen molar-refractivity contribution in [2.75, 3.05) is 0 Å². The Balaban J connectivity index is 0.00000361. The van der Waals surface area contributed by atoms with Crippen LogP contribution >= 0.6 is 0 Å². The van der Waals surface area contributed by atoms with E-state index in [1.54, 1.807) is 20.8 Å². The molecule has 0 aliphatic rings. The number of carbonyl (C=O) groups excluding carboxylic acids is 2. The van der Waals surface area contributed by atoms with Gasteiger partial charge in [-0.05, 0) is 20.8 Å². The molecule has 0 spiro atoms. The normalized spacial score (nSPS) is 10.6. The monoisotopic (exact) mass is 279 g/mol. The molecular formula is C10H14LiN3O6. The molecule has 0 unspecified atom stereocenters. The van der Waals surface area contributed by atoms with Crippen molar-refractivity contribution < 1.29 is 42.7 Å². The first-order valence-corrected chi connectivity index (χ1v) is 5.41. The molecule has 0 aliphatic heterocycles. The summed E-state index contributed by atoms with van der Waals surface area (Å²) in [6.45, 7) is 4.18. The molecule has 9 nitrogen and oxygen atoms in total. The Kier molecular flexibility index (Phi) is 6.55. The van der Waals surface area contributed by atoms with E-state index in [9.17, 15) is 19.5 Å². The van der Waals surface area contributed by atoms with Crippen LogP contribution in [0.5, 0.6) is 0 Å². The zero-order valence-corrected chi connectivity index (χ0v) is 11.8. The quantitative estimate of drug-likeness (QED) is 0.551. The van der Waals surface area contributed by atoms with Crippen LogP contribution in [0.25, 0.3) is 0 Å². The van der Waals surface area contributed by atoms with Crippen LogP contribution in [0.3, 0.4) is 0 Å². The number of alkyl carbamates (subject to hydrolysis) is 1. The fraction of sp³-hybridized carbons (Fsp3) is 0.600. The van der Waals surface area contributed by atoms with Crippen LogP contribution in [0, 0.1) is 0 Å². The number of amides is 1. The van der Waals surface area contributed by atoms with Crippen LogP contribution in [-0.4, -0.2) is 27.4 Å². The predicted octanol–water partition coefficient (Wildman–Crippen LogP) is -4.39. The topological polar surface area (TPSA) is 126 Å². The SMILES string of the molecule is CC(C)(C)OC(=O)NCc1nn(CC(=O)[O-])c(=O)o1.[Li+]. The average molecular weight is 279 g/mol. The third-order valence-corrected chi connectivity index (χ3v) is 1.71. The first-order chi connectivity index (χ1) is 8.67. The molecular weight excluding hydrogens is 265 g/mol. The van der Waals surface area contributed by atoms with Crippen molar-refractivity contribution in [1.82, 2.24) is 15.1 Å². The number of carboxylic acid groups (broad SMARTS) is 1. The molecule has 0 fully saturated rings. The van der Waals surface area contributed by atoms with Crippen LogP contribution < -0.4 is 35.0 Å². The molecule has 1 aromatic rings. The van der Waals surface area contributed by atoms with Gasteiger partial charge in [0, 0.05) is 0 Å². The molecule has 1 rings (SSSR count). The fourth-order valence-corrected chi connectivity index (χ4v) is 1.10. The van der Waals surface area contributed by atoms with Gasteiger partial charge in [0.25, 0.3) is 0 Å². The summed E-state index contributed by atoms with van der Waals surface area (Å²) in [4.78, 5) is 32.8. The zero-order valence-electron chi connectivity index (χ0n) is 11.8. The maximum absolute atomic E-state index is 11.3. The Morgan fingerprint density at radius 2 is 2.05 bits per heavy atom. The minimum Gasteiger partial charge on any atom is -0.548 e. The maximum atomic E-state index is 11.3. The minimum atomic E-state index is -1.47. The van der Waals surface area contributed by atoms with Gasteiger partial charge in [-0.15, -0.1) is 5.10 Å². The van der Waals surface area contributed by atoms with E-state index in [-0.39, 0.29) is 31.3 Å². The van der Waals surface area contributed by atoms with Crippen LogP contribution in [0.15, 0.2) is 9.21 Å². The third-order valence-electron chi connectivity index (χ3n) is 1.71.